The molecule has 2 aromatic rings. The summed E-state index contributed by atoms with van der Waals surface area (Å²) in [5, 5.41) is 0.358. The minimum atomic E-state index is -3.52. The number of hydrogen-bond donors (Lipinski definition) is 1. The highest BCUT2D eigenvalue weighted by Crippen LogP contribution is 2.12. The van der Waals surface area contributed by atoms with Gasteiger partial charge in [0.25, 0.3) is 0 Å². The van der Waals surface area contributed by atoms with Crippen LogP contribution in [0.5, 0.6) is 0 Å². The maximum Gasteiger partial charge on any atom is 0.338 e. The number of rotatable bonds is 5. The van der Waals surface area contributed by atoms with Crippen molar-refractivity contribution < 1.29 is 17.9 Å². The lowest BCUT2D eigenvalue weighted by molar-refractivity contribution is 0.0472. The largest absolute Gasteiger partial charge is 0.457 e. The second-order valence-corrected chi connectivity index (χ2v) is 6.57. The molecule has 0 unspecified atom stereocenters. The van der Waals surface area contributed by atoms with E-state index in [0.29, 0.717) is 10.7 Å². The smallest absolute Gasteiger partial charge is 0.338 e. The molecular formula is C14H13ClN2O4S. The fraction of sp³-hybridized carbons (Fsp3) is 0.143. The zero-order valence-electron chi connectivity index (χ0n) is 11.6. The van der Waals surface area contributed by atoms with Crippen molar-refractivity contribution in [3.05, 3.63) is 58.9 Å². The van der Waals surface area contributed by atoms with E-state index in [2.05, 4.69) is 9.71 Å². The van der Waals surface area contributed by atoms with Gasteiger partial charge in [0.1, 0.15) is 11.8 Å². The second kappa shape index (κ2) is 6.87. The number of carbonyl (C=O) groups is 1. The van der Waals surface area contributed by atoms with Crippen LogP contribution in [0.15, 0.2) is 47.5 Å². The molecule has 1 aromatic carbocycles. The molecule has 22 heavy (non-hydrogen) atoms. The van der Waals surface area contributed by atoms with Crippen LogP contribution in [0, 0.1) is 0 Å². The molecule has 0 bridgehead atoms. The van der Waals surface area contributed by atoms with Crippen molar-refractivity contribution >= 4 is 27.6 Å². The van der Waals surface area contributed by atoms with Gasteiger partial charge in [0.05, 0.1) is 10.5 Å². The van der Waals surface area contributed by atoms with Crippen molar-refractivity contribution in [1.29, 1.82) is 0 Å². The predicted octanol–water partition coefficient (Wildman–Crippen LogP) is 2.00. The number of carbonyl (C=O) groups excluding carboxylic acids is 1. The summed E-state index contributed by atoms with van der Waals surface area (Å²) in [6, 6.07) is 8.77. The normalized spacial score (nSPS) is 11.2. The van der Waals surface area contributed by atoms with Crippen molar-refractivity contribution in [2.45, 2.75) is 11.5 Å². The van der Waals surface area contributed by atoms with Gasteiger partial charge in [-0.05, 0) is 37.4 Å². The quantitative estimate of drug-likeness (QED) is 0.664. The number of nitrogens with one attached hydrogen (secondary N) is 1. The summed E-state index contributed by atoms with van der Waals surface area (Å²) in [5.41, 5.74) is 0.962. The molecule has 8 heteroatoms. The zero-order valence-corrected chi connectivity index (χ0v) is 13.2. The molecule has 0 atom stereocenters. The fourth-order valence-electron chi connectivity index (χ4n) is 1.61. The highest BCUT2D eigenvalue weighted by Gasteiger charge is 2.13. The minimum Gasteiger partial charge on any atom is -0.457 e. The van der Waals surface area contributed by atoms with Gasteiger partial charge in [0.15, 0.2) is 0 Å². The van der Waals surface area contributed by atoms with Gasteiger partial charge in [-0.25, -0.2) is 22.9 Å². The van der Waals surface area contributed by atoms with Gasteiger partial charge in [-0.2, -0.15) is 0 Å². The topological polar surface area (TPSA) is 85.4 Å². The molecule has 1 aromatic heterocycles. The third-order valence-corrected chi connectivity index (χ3v) is 4.48. The maximum absolute atomic E-state index is 11.9. The van der Waals surface area contributed by atoms with Crippen LogP contribution in [0.4, 0.5) is 0 Å². The lowest BCUT2D eigenvalue weighted by Gasteiger charge is -2.06. The van der Waals surface area contributed by atoms with Crippen molar-refractivity contribution in [2.24, 2.45) is 0 Å². The number of ether oxygens (including phenoxy) is 1. The van der Waals surface area contributed by atoms with E-state index in [9.17, 15) is 13.2 Å². The molecule has 0 saturated heterocycles. The first-order valence-corrected chi connectivity index (χ1v) is 8.09. The molecule has 0 fully saturated rings. The van der Waals surface area contributed by atoms with Gasteiger partial charge >= 0.3 is 5.97 Å². The fourth-order valence-corrected chi connectivity index (χ4v) is 2.45. The van der Waals surface area contributed by atoms with E-state index in [4.69, 9.17) is 16.3 Å². The lowest BCUT2D eigenvalue weighted by Crippen LogP contribution is -2.18. The molecule has 0 aliphatic rings. The van der Waals surface area contributed by atoms with Crippen LogP contribution in [-0.2, 0) is 21.4 Å². The van der Waals surface area contributed by atoms with E-state index in [-0.39, 0.29) is 17.1 Å². The van der Waals surface area contributed by atoms with Gasteiger partial charge < -0.3 is 4.74 Å². The molecule has 0 saturated carbocycles. The Morgan fingerprint density at radius 2 is 1.91 bits per heavy atom. The van der Waals surface area contributed by atoms with Crippen molar-refractivity contribution in [2.75, 3.05) is 7.05 Å². The van der Waals surface area contributed by atoms with E-state index >= 15 is 0 Å². The summed E-state index contributed by atoms with van der Waals surface area (Å²) in [6.45, 7) is 0.0551. The van der Waals surface area contributed by atoms with E-state index in [1.54, 1.807) is 12.1 Å². The maximum atomic E-state index is 11.9. The summed E-state index contributed by atoms with van der Waals surface area (Å²) in [5.74, 6) is -0.552. The van der Waals surface area contributed by atoms with Crippen molar-refractivity contribution in [1.82, 2.24) is 9.71 Å². The summed E-state index contributed by atoms with van der Waals surface area (Å²) < 4.78 is 30.5. The molecule has 2 rings (SSSR count). The first-order chi connectivity index (χ1) is 10.4. The number of esters is 1. The van der Waals surface area contributed by atoms with Crippen LogP contribution in [0.3, 0.4) is 0 Å². The number of nitrogens with zero attached hydrogens (tertiary/aromatic N) is 1. The van der Waals surface area contributed by atoms with Gasteiger partial charge in [-0.1, -0.05) is 17.7 Å². The van der Waals surface area contributed by atoms with Crippen molar-refractivity contribution in [3.63, 3.8) is 0 Å². The average molecular weight is 341 g/mol. The zero-order chi connectivity index (χ0) is 16.2. The Bertz CT molecular complexity index is 758. The number of halogens is 1. The Morgan fingerprint density at radius 3 is 2.45 bits per heavy atom. The average Bonchev–Trinajstić information content (AvgIpc) is 2.54. The number of hydrogen-bond acceptors (Lipinski definition) is 5. The first-order valence-electron chi connectivity index (χ1n) is 6.23. The van der Waals surface area contributed by atoms with Crippen LogP contribution in [0.2, 0.25) is 5.15 Å². The first kappa shape index (κ1) is 16.4. The number of aromatic nitrogens is 1. The van der Waals surface area contributed by atoms with E-state index < -0.39 is 16.0 Å². The van der Waals surface area contributed by atoms with Crippen LogP contribution in [-0.4, -0.2) is 26.4 Å². The number of sulfonamides is 1. The van der Waals surface area contributed by atoms with E-state index in [0.717, 1.165) is 0 Å². The Morgan fingerprint density at radius 1 is 1.23 bits per heavy atom. The molecule has 0 radical (unpaired) electrons. The Balaban J connectivity index is 2.02. The SMILES string of the molecule is CNS(=O)(=O)c1ccc(C(=O)OCc2ccc(Cl)nc2)cc1. The highest BCUT2D eigenvalue weighted by molar-refractivity contribution is 7.89. The molecular weight excluding hydrogens is 328 g/mol. The molecule has 6 nitrogen and oxygen atoms in total. The van der Waals surface area contributed by atoms with Gasteiger partial charge in [0, 0.05) is 11.8 Å². The molecule has 0 amide bonds. The molecule has 116 valence electrons. The summed E-state index contributed by atoms with van der Waals surface area (Å²) in [4.78, 5) is 15.8. The molecule has 0 aliphatic heterocycles. The van der Waals surface area contributed by atoms with Crippen molar-refractivity contribution in [3.8, 4) is 0 Å². The predicted molar refractivity (Wildman–Crippen MR) is 81.1 cm³/mol. The van der Waals surface area contributed by atoms with Gasteiger partial charge in [-0.3, -0.25) is 0 Å². The van der Waals surface area contributed by atoms with Crippen LogP contribution < -0.4 is 4.72 Å². The van der Waals surface area contributed by atoms with Crippen LogP contribution in [0.1, 0.15) is 15.9 Å². The lowest BCUT2D eigenvalue weighted by atomic mass is 10.2. The van der Waals surface area contributed by atoms with E-state index in [1.165, 1.54) is 37.5 Å². The molecule has 1 N–H and O–H groups in total. The van der Waals surface area contributed by atoms with Gasteiger partial charge in [-0.15, -0.1) is 0 Å². The van der Waals surface area contributed by atoms with Gasteiger partial charge in [0.2, 0.25) is 10.0 Å². The third-order valence-electron chi connectivity index (χ3n) is 2.83. The third kappa shape index (κ3) is 4.03. The van der Waals surface area contributed by atoms with E-state index in [1.807, 2.05) is 0 Å². The molecule has 0 spiro atoms. The molecule has 1 heterocycles. The number of pyridine rings is 1. The van der Waals surface area contributed by atoms with Crippen LogP contribution >= 0.6 is 11.6 Å². The Kier molecular flexibility index (Phi) is 5.12. The summed E-state index contributed by atoms with van der Waals surface area (Å²) in [7, 11) is -2.21. The number of benzene rings is 1. The molecule has 0 aliphatic carbocycles. The summed E-state index contributed by atoms with van der Waals surface area (Å²) in [6.07, 6.45) is 1.51. The Hall–Kier alpha value is -1.96. The summed E-state index contributed by atoms with van der Waals surface area (Å²) >= 11 is 5.66. The van der Waals surface area contributed by atoms with Crippen LogP contribution in [0.25, 0.3) is 0 Å². The highest BCUT2D eigenvalue weighted by atomic mass is 35.5. The monoisotopic (exact) mass is 340 g/mol. The Labute approximate surface area is 133 Å². The standard InChI is InChI=1S/C14H13ClN2O4S/c1-16-22(19,20)12-5-3-11(4-6-12)14(18)21-9-10-2-7-13(15)17-8-10/h2-8,16H,9H2,1H3. The minimum absolute atomic E-state index is 0.0551. The second-order valence-electron chi connectivity index (χ2n) is 4.30.